The van der Waals surface area contributed by atoms with Crippen LogP contribution in [-0.2, 0) is 32.0 Å². The molecule has 1 aliphatic heterocycles. The summed E-state index contributed by atoms with van der Waals surface area (Å²) < 4.78 is 0. The number of carboxylic acid groups (broad SMARTS) is 1. The molecule has 1 aromatic heterocycles. The Hall–Kier alpha value is -4.22. The molecule has 1 saturated heterocycles. The number of carboxylic acids is 1. The maximum atomic E-state index is 13.8. The fraction of sp³-hybridized carbons (Fsp3) is 0.419. The Morgan fingerprint density at radius 3 is 2.38 bits per heavy atom. The Morgan fingerprint density at radius 1 is 1.00 bits per heavy atom. The van der Waals surface area contributed by atoms with Crippen LogP contribution in [0.5, 0.6) is 0 Å². The van der Waals surface area contributed by atoms with Crippen molar-refractivity contribution in [1.82, 2.24) is 25.8 Å². The van der Waals surface area contributed by atoms with Gasteiger partial charge in [0.2, 0.25) is 17.7 Å². The van der Waals surface area contributed by atoms with Crippen molar-refractivity contribution < 1.29 is 29.4 Å². The van der Waals surface area contributed by atoms with Crippen LogP contribution in [0.4, 0.5) is 0 Å². The zero-order chi connectivity index (χ0) is 30.2. The van der Waals surface area contributed by atoms with E-state index in [9.17, 15) is 29.4 Å². The van der Waals surface area contributed by atoms with Gasteiger partial charge in [0, 0.05) is 36.6 Å². The molecule has 0 aliphatic carbocycles. The minimum absolute atomic E-state index is 0.00308. The number of aromatic nitrogens is 1. The van der Waals surface area contributed by atoms with E-state index in [0.717, 1.165) is 22.0 Å². The van der Waals surface area contributed by atoms with Crippen LogP contribution >= 0.6 is 0 Å². The van der Waals surface area contributed by atoms with Crippen molar-refractivity contribution in [2.45, 2.75) is 57.3 Å². The number of fused-ring (bicyclic) bond motifs is 1. The summed E-state index contributed by atoms with van der Waals surface area (Å²) in [5.41, 5.74) is 2.69. The number of nitrogens with one attached hydrogen (secondary N) is 4. The van der Waals surface area contributed by atoms with Crippen molar-refractivity contribution in [1.29, 1.82) is 0 Å². The summed E-state index contributed by atoms with van der Waals surface area (Å²) in [6.45, 7) is 3.67. The van der Waals surface area contributed by atoms with Crippen LogP contribution in [-0.4, -0.2) is 87.7 Å². The highest BCUT2D eigenvalue weighted by molar-refractivity contribution is 5.95. The number of H-pyrrole nitrogens is 1. The molecule has 3 amide bonds. The highest BCUT2D eigenvalue weighted by Gasteiger charge is 2.38. The molecule has 4 atom stereocenters. The molecule has 0 saturated carbocycles. The number of amides is 3. The molecular weight excluding hydrogens is 538 g/mol. The molecule has 1 fully saturated rings. The third-order valence-electron chi connectivity index (χ3n) is 7.51. The summed E-state index contributed by atoms with van der Waals surface area (Å²) in [6.07, 6.45) is 2.61. The molecule has 42 heavy (non-hydrogen) atoms. The molecule has 0 bridgehead atoms. The monoisotopic (exact) mass is 577 g/mol. The molecule has 6 N–H and O–H groups in total. The molecule has 3 aromatic rings. The SMILES string of the molecule is CC(C)C[C@H](NC(=O)[C@H](CO)NC(=O)[C@H](Cc1c[nH]c2ccccc12)N1CCN[C@@H](Cc2ccccc2)C1=O)C(=O)O. The lowest BCUT2D eigenvalue weighted by Crippen LogP contribution is -2.63. The molecule has 1 aliphatic rings. The molecular formula is C31H39N5O6. The van der Waals surface area contributed by atoms with Crippen LogP contribution in [0.1, 0.15) is 31.4 Å². The number of piperazine rings is 1. The predicted molar refractivity (Wildman–Crippen MR) is 157 cm³/mol. The number of hydrogen-bond donors (Lipinski definition) is 6. The first-order valence-electron chi connectivity index (χ1n) is 14.2. The normalized spacial score (nSPS) is 17.6. The van der Waals surface area contributed by atoms with Crippen molar-refractivity contribution >= 4 is 34.6 Å². The fourth-order valence-corrected chi connectivity index (χ4v) is 5.36. The highest BCUT2D eigenvalue weighted by atomic mass is 16.4. The first kappa shape index (κ1) is 30.7. The first-order chi connectivity index (χ1) is 20.2. The van der Waals surface area contributed by atoms with Gasteiger partial charge < -0.3 is 36.0 Å². The largest absolute Gasteiger partial charge is 0.480 e. The van der Waals surface area contributed by atoms with Crippen LogP contribution < -0.4 is 16.0 Å². The standard InChI is InChI=1S/C31H39N5O6/c1-19(2)14-25(31(41)42)34-28(38)26(18-37)35-29(39)27(16-21-17-33-23-11-7-6-10-22(21)23)36-13-12-32-24(30(36)40)15-20-8-4-3-5-9-20/h3-11,17,19,24-27,32-33,37H,12-16,18H2,1-2H3,(H,34,38)(H,35,39)(H,41,42)/t24-,25-,26-,27-/m0/s1. The summed E-state index contributed by atoms with van der Waals surface area (Å²) in [5.74, 6) is -2.86. The Kier molecular flexibility index (Phi) is 10.3. The summed E-state index contributed by atoms with van der Waals surface area (Å²) in [4.78, 5) is 57.0. The molecule has 2 aromatic carbocycles. The van der Waals surface area contributed by atoms with Gasteiger partial charge in [-0.3, -0.25) is 14.4 Å². The number of aromatic amines is 1. The number of para-hydroxylation sites is 1. The number of aliphatic carboxylic acids is 1. The van der Waals surface area contributed by atoms with E-state index >= 15 is 0 Å². The number of carbonyl (C=O) groups is 4. The van der Waals surface area contributed by atoms with E-state index in [0.29, 0.717) is 13.0 Å². The first-order valence-corrected chi connectivity index (χ1v) is 14.2. The van der Waals surface area contributed by atoms with Gasteiger partial charge >= 0.3 is 5.97 Å². The van der Waals surface area contributed by atoms with Gasteiger partial charge in [-0.05, 0) is 36.0 Å². The lowest BCUT2D eigenvalue weighted by Gasteiger charge is -2.38. The topological polar surface area (TPSA) is 164 Å². The molecule has 0 radical (unpaired) electrons. The van der Waals surface area contributed by atoms with Gasteiger partial charge in [-0.1, -0.05) is 62.4 Å². The lowest BCUT2D eigenvalue weighted by molar-refractivity contribution is -0.145. The van der Waals surface area contributed by atoms with E-state index < -0.39 is 48.6 Å². The number of carbonyl (C=O) groups excluding carboxylic acids is 3. The zero-order valence-electron chi connectivity index (χ0n) is 23.9. The quantitative estimate of drug-likeness (QED) is 0.178. The van der Waals surface area contributed by atoms with Crippen molar-refractivity contribution in [2.75, 3.05) is 19.7 Å². The van der Waals surface area contributed by atoms with Gasteiger partial charge in [-0.2, -0.15) is 0 Å². The van der Waals surface area contributed by atoms with Crippen molar-refractivity contribution in [3.8, 4) is 0 Å². The Labute approximate surface area is 244 Å². The van der Waals surface area contributed by atoms with E-state index in [2.05, 4.69) is 20.9 Å². The lowest BCUT2D eigenvalue weighted by atomic mass is 9.98. The molecule has 11 nitrogen and oxygen atoms in total. The molecule has 11 heteroatoms. The van der Waals surface area contributed by atoms with Crippen molar-refractivity contribution in [2.24, 2.45) is 5.92 Å². The molecule has 0 spiro atoms. The van der Waals surface area contributed by atoms with Crippen LogP contribution in [0, 0.1) is 5.92 Å². The summed E-state index contributed by atoms with van der Waals surface area (Å²) in [7, 11) is 0. The Morgan fingerprint density at radius 2 is 1.69 bits per heavy atom. The van der Waals surface area contributed by atoms with Gasteiger partial charge in [0.15, 0.2) is 0 Å². The van der Waals surface area contributed by atoms with Crippen LogP contribution in [0.3, 0.4) is 0 Å². The predicted octanol–water partition coefficient (Wildman–Crippen LogP) is 1.21. The molecule has 4 rings (SSSR count). The van der Waals surface area contributed by atoms with Gasteiger partial charge in [-0.25, -0.2) is 4.79 Å². The maximum Gasteiger partial charge on any atom is 0.326 e. The van der Waals surface area contributed by atoms with Crippen molar-refractivity contribution in [3.05, 3.63) is 71.9 Å². The van der Waals surface area contributed by atoms with E-state index in [1.807, 2.05) is 68.4 Å². The number of benzene rings is 2. The second-order valence-corrected chi connectivity index (χ2v) is 11.1. The fourth-order valence-electron chi connectivity index (χ4n) is 5.36. The third kappa shape index (κ3) is 7.54. The number of hydrogen-bond acceptors (Lipinski definition) is 6. The van der Waals surface area contributed by atoms with E-state index in [1.165, 1.54) is 4.90 Å². The zero-order valence-corrected chi connectivity index (χ0v) is 23.9. The van der Waals surface area contributed by atoms with E-state index in [4.69, 9.17) is 0 Å². The van der Waals surface area contributed by atoms with Crippen LogP contribution in [0.2, 0.25) is 0 Å². The Bertz CT molecular complexity index is 1390. The second kappa shape index (κ2) is 14.1. The summed E-state index contributed by atoms with van der Waals surface area (Å²) in [6, 6.07) is 13.2. The molecule has 224 valence electrons. The second-order valence-electron chi connectivity index (χ2n) is 11.1. The highest BCUT2D eigenvalue weighted by Crippen LogP contribution is 2.22. The smallest absolute Gasteiger partial charge is 0.326 e. The third-order valence-corrected chi connectivity index (χ3v) is 7.51. The summed E-state index contributed by atoms with van der Waals surface area (Å²) >= 11 is 0. The van der Waals surface area contributed by atoms with E-state index in [-0.39, 0.29) is 31.2 Å². The van der Waals surface area contributed by atoms with Gasteiger partial charge in [0.1, 0.15) is 18.1 Å². The van der Waals surface area contributed by atoms with Crippen LogP contribution in [0.25, 0.3) is 10.9 Å². The van der Waals surface area contributed by atoms with Crippen molar-refractivity contribution in [3.63, 3.8) is 0 Å². The molecule has 2 heterocycles. The number of nitrogens with zero attached hydrogens (tertiary/aromatic N) is 1. The number of aliphatic hydroxyl groups is 1. The number of aliphatic hydroxyl groups excluding tert-OH is 1. The average molecular weight is 578 g/mol. The average Bonchev–Trinajstić information content (AvgIpc) is 3.38. The van der Waals surface area contributed by atoms with Crippen LogP contribution in [0.15, 0.2) is 60.8 Å². The van der Waals surface area contributed by atoms with Gasteiger partial charge in [0.25, 0.3) is 0 Å². The molecule has 0 unspecified atom stereocenters. The van der Waals surface area contributed by atoms with Gasteiger partial charge in [-0.15, -0.1) is 0 Å². The Balaban J connectivity index is 1.57. The minimum atomic E-state index is -1.39. The maximum absolute atomic E-state index is 13.8. The minimum Gasteiger partial charge on any atom is -0.480 e. The van der Waals surface area contributed by atoms with Gasteiger partial charge in [0.05, 0.1) is 12.6 Å². The summed E-state index contributed by atoms with van der Waals surface area (Å²) in [5, 5.41) is 28.7. The van der Waals surface area contributed by atoms with E-state index in [1.54, 1.807) is 6.20 Å². The number of rotatable bonds is 13.